The largest absolute Gasteiger partial charge is 0.461 e. The quantitative estimate of drug-likeness (QED) is 0.187. The lowest BCUT2D eigenvalue weighted by Gasteiger charge is -2.72. The van der Waals surface area contributed by atoms with Crippen molar-refractivity contribution in [2.75, 3.05) is 44.3 Å². The molecule has 4 saturated carbocycles. The van der Waals surface area contributed by atoms with Crippen molar-refractivity contribution in [2.45, 2.75) is 137 Å². The second-order valence-electron chi connectivity index (χ2n) is 22.0. The fourth-order valence-corrected chi connectivity index (χ4v) is 16.9. The Morgan fingerprint density at radius 2 is 1.62 bits per heavy atom. The van der Waals surface area contributed by atoms with E-state index in [2.05, 4.69) is 77.4 Å². The Balaban J connectivity index is 0.990. The van der Waals surface area contributed by atoms with Gasteiger partial charge in [-0.3, -0.25) is 0 Å². The number of fused-ring (bicyclic) bond motifs is 7. The molecule has 1 aromatic carbocycles. The summed E-state index contributed by atoms with van der Waals surface area (Å²) in [4.78, 5) is 15.2. The Kier molecular flexibility index (Phi) is 11.2. The zero-order chi connectivity index (χ0) is 41.4. The summed E-state index contributed by atoms with van der Waals surface area (Å²) in [6.07, 6.45) is 20.9. The Morgan fingerprint density at radius 3 is 2.29 bits per heavy atom. The summed E-state index contributed by atoms with van der Waals surface area (Å²) in [7, 11) is -2.86. The number of rotatable bonds is 10. The van der Waals surface area contributed by atoms with Crippen LogP contribution in [0.4, 0.5) is 0 Å². The summed E-state index contributed by atoms with van der Waals surface area (Å²) in [6, 6.07) is 9.42. The summed E-state index contributed by atoms with van der Waals surface area (Å²) in [6.45, 7) is 26.3. The van der Waals surface area contributed by atoms with Gasteiger partial charge in [-0.25, -0.2) is 13.2 Å². The fourth-order valence-electron chi connectivity index (χ4n) is 15.7. The van der Waals surface area contributed by atoms with E-state index in [9.17, 15) is 13.2 Å². The number of hydrogen-bond donors (Lipinski definition) is 1. The fraction of sp³-hybridized carbons (Fsp3) is 0.745. The summed E-state index contributed by atoms with van der Waals surface area (Å²) in [5.74, 6) is 3.67. The van der Waals surface area contributed by atoms with E-state index in [1.807, 2.05) is 30.3 Å². The number of carbonyl (C=O) groups is 1. The maximum Gasteiger partial charge on any atom is 0.338 e. The minimum Gasteiger partial charge on any atom is -0.461 e. The van der Waals surface area contributed by atoms with Crippen LogP contribution in [-0.2, 0) is 14.6 Å². The summed E-state index contributed by atoms with van der Waals surface area (Å²) in [5.41, 5.74) is 6.36. The van der Waals surface area contributed by atoms with Crippen LogP contribution in [0.5, 0.6) is 0 Å². The second kappa shape index (κ2) is 15.3. The molecule has 10 atom stereocenters. The molecular weight excluding hydrogens is 737 g/mol. The molecular formula is C51H76N2O4S. The van der Waals surface area contributed by atoms with Crippen molar-refractivity contribution in [1.82, 2.24) is 10.2 Å². The first-order valence-corrected chi connectivity index (χ1v) is 25.2. The number of benzene rings is 1. The molecule has 1 saturated heterocycles. The van der Waals surface area contributed by atoms with E-state index in [0.29, 0.717) is 77.2 Å². The highest BCUT2D eigenvalue weighted by molar-refractivity contribution is 7.91. The minimum absolute atomic E-state index is 0.0107. The predicted molar refractivity (Wildman–Crippen MR) is 237 cm³/mol. The highest BCUT2D eigenvalue weighted by Gasteiger charge is 2.70. The summed E-state index contributed by atoms with van der Waals surface area (Å²) in [5, 5.41) is 4.24. The Labute approximate surface area is 352 Å². The molecule has 5 fully saturated rings. The van der Waals surface area contributed by atoms with Crippen LogP contribution in [-0.4, -0.2) is 69.1 Å². The molecule has 1 heterocycles. The first-order valence-electron chi connectivity index (χ1n) is 23.4. The van der Waals surface area contributed by atoms with Crippen LogP contribution in [0, 0.1) is 56.7 Å². The van der Waals surface area contributed by atoms with Gasteiger partial charge in [-0.05, 0) is 165 Å². The van der Waals surface area contributed by atoms with Gasteiger partial charge in [0.05, 0.1) is 23.7 Å². The maximum atomic E-state index is 12.9. The van der Waals surface area contributed by atoms with Gasteiger partial charge in [0.2, 0.25) is 0 Å². The normalized spacial score (nSPS) is 41.8. The molecule has 1 N–H and O–H groups in total. The van der Waals surface area contributed by atoms with Gasteiger partial charge < -0.3 is 15.0 Å². The van der Waals surface area contributed by atoms with Crippen molar-refractivity contribution >= 4 is 15.8 Å². The third kappa shape index (κ3) is 6.95. The molecule has 58 heavy (non-hydrogen) atoms. The maximum absolute atomic E-state index is 12.9. The van der Waals surface area contributed by atoms with Crippen molar-refractivity contribution in [3.05, 3.63) is 71.3 Å². The Hall–Kier alpha value is -2.22. The molecule has 6 aliphatic carbocycles. The molecule has 0 radical (unpaired) electrons. The molecule has 0 aromatic heterocycles. The molecule has 0 bridgehead atoms. The van der Waals surface area contributed by atoms with E-state index in [4.69, 9.17) is 4.74 Å². The van der Waals surface area contributed by atoms with Gasteiger partial charge in [-0.1, -0.05) is 84.0 Å². The average Bonchev–Trinajstić information content (AvgIpc) is 3.58. The summed E-state index contributed by atoms with van der Waals surface area (Å²) < 4.78 is 30.1. The predicted octanol–water partition coefficient (Wildman–Crippen LogP) is 10.6. The number of nitrogens with zero attached hydrogens (tertiary/aromatic N) is 1. The third-order valence-electron chi connectivity index (χ3n) is 19.3. The van der Waals surface area contributed by atoms with Gasteiger partial charge in [0, 0.05) is 37.1 Å². The SMILES string of the molecule is C=C(C)[C@@H]1CC[C@]2(NCCN3CCS(=O)(=O)CC3)CC[C@]3(C)[C@H](CC[C@@H]4[C@@]5(C)CC=C(C6=CC[C@](CC)(COC(=O)c7ccccc7)CC6)C(C)(C)[C@@H]5CC[C@]43C)[C@@H]12. The van der Waals surface area contributed by atoms with Gasteiger partial charge in [-0.15, -0.1) is 0 Å². The number of hydrogen-bond acceptors (Lipinski definition) is 6. The van der Waals surface area contributed by atoms with Crippen LogP contribution >= 0.6 is 0 Å². The van der Waals surface area contributed by atoms with E-state index in [-0.39, 0.29) is 27.8 Å². The topological polar surface area (TPSA) is 75.7 Å². The molecule has 7 aliphatic rings. The smallest absolute Gasteiger partial charge is 0.338 e. The number of allylic oxidation sites excluding steroid dienone is 5. The highest BCUT2D eigenvalue weighted by Crippen LogP contribution is 2.76. The Bertz CT molecular complexity index is 1910. The molecule has 0 unspecified atom stereocenters. The van der Waals surface area contributed by atoms with Crippen LogP contribution < -0.4 is 5.32 Å². The van der Waals surface area contributed by atoms with Crippen molar-refractivity contribution in [2.24, 2.45) is 56.7 Å². The van der Waals surface area contributed by atoms with Crippen LogP contribution in [0.2, 0.25) is 0 Å². The van der Waals surface area contributed by atoms with Crippen LogP contribution in [0.15, 0.2) is 65.8 Å². The van der Waals surface area contributed by atoms with E-state index < -0.39 is 9.84 Å². The zero-order valence-electron chi connectivity index (χ0n) is 37.3. The molecule has 0 amide bonds. The zero-order valence-corrected chi connectivity index (χ0v) is 38.1. The number of nitrogens with one attached hydrogen (secondary N) is 1. The second-order valence-corrected chi connectivity index (χ2v) is 24.3. The van der Waals surface area contributed by atoms with Crippen molar-refractivity contribution in [3.8, 4) is 0 Å². The van der Waals surface area contributed by atoms with E-state index in [0.717, 1.165) is 38.8 Å². The molecule has 7 heteroatoms. The van der Waals surface area contributed by atoms with Gasteiger partial charge >= 0.3 is 5.97 Å². The lowest BCUT2D eigenvalue weighted by Crippen LogP contribution is -2.68. The number of esters is 1. The number of sulfone groups is 1. The first kappa shape index (κ1) is 42.5. The molecule has 1 aliphatic heterocycles. The van der Waals surface area contributed by atoms with Gasteiger partial charge in [-0.2, -0.15) is 0 Å². The van der Waals surface area contributed by atoms with Gasteiger partial charge in [0.1, 0.15) is 0 Å². The molecule has 1 aromatic rings. The lowest BCUT2D eigenvalue weighted by atomic mass is 9.33. The van der Waals surface area contributed by atoms with Gasteiger partial charge in [0.15, 0.2) is 9.84 Å². The first-order chi connectivity index (χ1) is 27.4. The van der Waals surface area contributed by atoms with E-state index in [1.54, 1.807) is 11.1 Å². The number of ether oxygens (including phenoxy) is 1. The van der Waals surface area contributed by atoms with Crippen molar-refractivity contribution < 1.29 is 17.9 Å². The lowest BCUT2D eigenvalue weighted by molar-refractivity contribution is -0.221. The third-order valence-corrected chi connectivity index (χ3v) is 20.9. The van der Waals surface area contributed by atoms with Gasteiger partial charge in [0.25, 0.3) is 0 Å². The van der Waals surface area contributed by atoms with Crippen molar-refractivity contribution in [3.63, 3.8) is 0 Å². The standard InChI is InChI=1S/C51H76N2O4S/c1-9-50(35-57-45(54)38-13-11-10-12-14-38)24-17-37(18-25-50)40-20-22-47(6)42(46(40,4)5)21-23-49(8)43(47)16-15-41-44-39(36(2)3)19-26-51(44,28-27-48(41,49)7)52-29-30-53-31-33-58(55,56)34-32-53/h10-14,17,20,39,41-44,52H,2,9,15-16,18-19,21-35H2,1,3-8H3/t39-,41+,42-,43+,44+,47-,48+,49+,50-,51-/m0/s1. The molecule has 8 rings (SSSR count). The molecule has 6 nitrogen and oxygen atoms in total. The van der Waals surface area contributed by atoms with Crippen LogP contribution in [0.3, 0.4) is 0 Å². The van der Waals surface area contributed by atoms with Crippen LogP contribution in [0.25, 0.3) is 0 Å². The average molecular weight is 813 g/mol. The minimum atomic E-state index is -2.86. The van der Waals surface area contributed by atoms with Crippen molar-refractivity contribution in [1.29, 1.82) is 0 Å². The van der Waals surface area contributed by atoms with Crippen LogP contribution in [0.1, 0.15) is 142 Å². The monoisotopic (exact) mass is 813 g/mol. The summed E-state index contributed by atoms with van der Waals surface area (Å²) >= 11 is 0. The highest BCUT2D eigenvalue weighted by atomic mass is 32.2. The molecule has 320 valence electrons. The number of carbonyl (C=O) groups excluding carboxylic acids is 1. The van der Waals surface area contributed by atoms with E-state index >= 15 is 0 Å². The Morgan fingerprint density at radius 1 is 0.879 bits per heavy atom. The van der Waals surface area contributed by atoms with E-state index in [1.165, 1.54) is 63.4 Å². The molecule has 0 spiro atoms.